The van der Waals surface area contributed by atoms with Crippen molar-refractivity contribution in [3.8, 4) is 28.8 Å². The van der Waals surface area contributed by atoms with E-state index in [-0.39, 0.29) is 24.6 Å². The maximum absolute atomic E-state index is 11.9. The summed E-state index contributed by atoms with van der Waals surface area (Å²) in [6, 6.07) is 6.86. The van der Waals surface area contributed by atoms with E-state index < -0.39 is 5.97 Å². The van der Waals surface area contributed by atoms with Crippen LogP contribution in [0.4, 0.5) is 0 Å². The number of aromatic amines is 1. The van der Waals surface area contributed by atoms with E-state index in [4.69, 9.17) is 19.5 Å². The predicted octanol–water partition coefficient (Wildman–Crippen LogP) is 1.56. The van der Waals surface area contributed by atoms with Crippen LogP contribution in [0.25, 0.3) is 11.3 Å². The molecule has 2 aromatic rings. The minimum Gasteiger partial charge on any atom is -0.497 e. The number of ether oxygens (including phenoxy) is 3. The molecule has 2 rings (SSSR count). The first kappa shape index (κ1) is 15.3. The average Bonchev–Trinajstić information content (AvgIpc) is 3.02. The molecule has 0 unspecified atom stereocenters. The molecule has 8 heteroatoms. The van der Waals surface area contributed by atoms with E-state index in [0.717, 1.165) is 0 Å². The topological polar surface area (TPSA) is 110 Å². The largest absolute Gasteiger partial charge is 0.497 e. The van der Waals surface area contributed by atoms with Gasteiger partial charge in [0, 0.05) is 11.6 Å². The molecule has 1 aromatic carbocycles. The minimum absolute atomic E-state index is 0.0498. The molecule has 1 aromatic heterocycles. The number of nitrogens with one attached hydrogen (secondary N) is 1. The van der Waals surface area contributed by atoms with E-state index in [0.29, 0.717) is 17.1 Å². The number of methoxy groups -OCH3 is 1. The first-order valence-electron chi connectivity index (χ1n) is 6.47. The Morgan fingerprint density at radius 1 is 1.41 bits per heavy atom. The van der Waals surface area contributed by atoms with Crippen molar-refractivity contribution in [2.24, 2.45) is 0 Å². The quantitative estimate of drug-likeness (QED) is 0.806. The molecule has 22 heavy (non-hydrogen) atoms. The van der Waals surface area contributed by atoms with Crippen molar-refractivity contribution in [2.75, 3.05) is 20.3 Å². The third-order valence-electron chi connectivity index (χ3n) is 2.75. The summed E-state index contributed by atoms with van der Waals surface area (Å²) >= 11 is 0. The Labute approximate surface area is 126 Å². The third-order valence-corrected chi connectivity index (χ3v) is 2.75. The highest BCUT2D eigenvalue weighted by atomic mass is 16.5. The molecule has 114 valence electrons. The molecule has 0 aliphatic carbocycles. The molecule has 1 heterocycles. The highest BCUT2D eigenvalue weighted by Gasteiger charge is 2.22. The van der Waals surface area contributed by atoms with Crippen LogP contribution in [0, 0.1) is 11.3 Å². The maximum Gasteiger partial charge on any atom is 0.361 e. The van der Waals surface area contributed by atoms with Crippen molar-refractivity contribution in [3.05, 3.63) is 23.9 Å². The van der Waals surface area contributed by atoms with Gasteiger partial charge in [-0.15, -0.1) is 5.10 Å². The number of esters is 1. The summed E-state index contributed by atoms with van der Waals surface area (Å²) in [4.78, 5) is 11.9. The van der Waals surface area contributed by atoms with E-state index in [9.17, 15) is 4.79 Å². The number of carbonyl (C=O) groups is 1. The van der Waals surface area contributed by atoms with Crippen LogP contribution in [0.2, 0.25) is 0 Å². The maximum atomic E-state index is 11.9. The van der Waals surface area contributed by atoms with Gasteiger partial charge < -0.3 is 14.2 Å². The summed E-state index contributed by atoms with van der Waals surface area (Å²) in [5.41, 5.74) is 0.843. The number of rotatable bonds is 6. The zero-order valence-electron chi connectivity index (χ0n) is 12.1. The normalized spacial score (nSPS) is 9.86. The molecule has 0 saturated heterocycles. The van der Waals surface area contributed by atoms with Gasteiger partial charge in [-0.2, -0.15) is 15.6 Å². The standard InChI is InChI=1S/C14H14N4O4/c1-3-21-14(19)13-12(16-18-17-13)10-5-4-9(20-2)8-11(10)22-7-6-15/h4-5,8H,3,7H2,1-2H3,(H,16,17,18). The molecule has 0 fully saturated rings. The van der Waals surface area contributed by atoms with E-state index in [1.807, 2.05) is 6.07 Å². The fourth-order valence-corrected chi connectivity index (χ4v) is 1.82. The molecule has 1 N–H and O–H groups in total. The van der Waals surface area contributed by atoms with Crippen LogP contribution < -0.4 is 9.47 Å². The summed E-state index contributed by atoms with van der Waals surface area (Å²) in [6.07, 6.45) is 0. The minimum atomic E-state index is -0.590. The molecule has 0 saturated carbocycles. The van der Waals surface area contributed by atoms with Crippen LogP contribution in [-0.2, 0) is 4.74 Å². The highest BCUT2D eigenvalue weighted by Crippen LogP contribution is 2.33. The van der Waals surface area contributed by atoms with E-state index in [1.54, 1.807) is 25.1 Å². The van der Waals surface area contributed by atoms with Crippen molar-refractivity contribution in [1.82, 2.24) is 15.4 Å². The number of nitrogens with zero attached hydrogens (tertiary/aromatic N) is 3. The summed E-state index contributed by atoms with van der Waals surface area (Å²) < 4.78 is 15.4. The van der Waals surface area contributed by atoms with Gasteiger partial charge in [0.15, 0.2) is 12.3 Å². The second-order valence-corrected chi connectivity index (χ2v) is 4.05. The predicted molar refractivity (Wildman–Crippen MR) is 75.4 cm³/mol. The Kier molecular flexibility index (Phi) is 4.93. The Morgan fingerprint density at radius 3 is 2.91 bits per heavy atom. The molecule has 8 nitrogen and oxygen atoms in total. The number of benzene rings is 1. The Morgan fingerprint density at radius 2 is 2.23 bits per heavy atom. The number of aromatic nitrogens is 3. The van der Waals surface area contributed by atoms with Crippen molar-refractivity contribution in [3.63, 3.8) is 0 Å². The van der Waals surface area contributed by atoms with Crippen LogP contribution in [0.15, 0.2) is 18.2 Å². The SMILES string of the molecule is CCOC(=O)c1n[nH]nc1-c1ccc(OC)cc1OCC#N. The molecule has 0 bridgehead atoms. The Balaban J connectivity index is 2.46. The molecule has 0 aliphatic rings. The molecular weight excluding hydrogens is 288 g/mol. The van der Waals surface area contributed by atoms with Gasteiger partial charge in [-0.05, 0) is 19.1 Å². The lowest BCUT2D eigenvalue weighted by molar-refractivity contribution is 0.0520. The monoisotopic (exact) mass is 302 g/mol. The zero-order chi connectivity index (χ0) is 15.9. The number of nitriles is 1. The number of H-pyrrole nitrogens is 1. The van der Waals surface area contributed by atoms with Gasteiger partial charge in [0.2, 0.25) is 0 Å². The van der Waals surface area contributed by atoms with Crippen LogP contribution >= 0.6 is 0 Å². The molecule has 0 spiro atoms. The second-order valence-electron chi connectivity index (χ2n) is 4.05. The lowest BCUT2D eigenvalue weighted by atomic mass is 10.1. The van der Waals surface area contributed by atoms with Crippen LogP contribution in [0.1, 0.15) is 17.4 Å². The fraction of sp³-hybridized carbons (Fsp3) is 0.286. The van der Waals surface area contributed by atoms with Gasteiger partial charge >= 0.3 is 5.97 Å². The summed E-state index contributed by atoms with van der Waals surface area (Å²) in [7, 11) is 1.52. The lowest BCUT2D eigenvalue weighted by Crippen LogP contribution is -2.07. The van der Waals surface area contributed by atoms with Crippen LogP contribution in [0.5, 0.6) is 11.5 Å². The van der Waals surface area contributed by atoms with Gasteiger partial charge in [-0.3, -0.25) is 0 Å². The zero-order valence-corrected chi connectivity index (χ0v) is 12.1. The molecule has 0 atom stereocenters. The van der Waals surface area contributed by atoms with Gasteiger partial charge in [0.1, 0.15) is 23.3 Å². The van der Waals surface area contributed by atoms with E-state index in [2.05, 4.69) is 15.4 Å². The number of hydrogen-bond acceptors (Lipinski definition) is 7. The summed E-state index contributed by atoms with van der Waals surface area (Å²) in [5, 5.41) is 18.9. The smallest absolute Gasteiger partial charge is 0.361 e. The highest BCUT2D eigenvalue weighted by molar-refractivity contribution is 5.94. The molecule has 0 radical (unpaired) electrons. The third kappa shape index (κ3) is 3.15. The molecule has 0 amide bonds. The Hall–Kier alpha value is -3.08. The van der Waals surface area contributed by atoms with Crippen molar-refractivity contribution in [2.45, 2.75) is 6.92 Å². The summed E-state index contributed by atoms with van der Waals surface area (Å²) in [6.45, 7) is 1.78. The molecule has 0 aliphatic heterocycles. The first-order chi connectivity index (χ1) is 10.7. The second kappa shape index (κ2) is 7.08. The summed E-state index contributed by atoms with van der Waals surface area (Å²) in [5.74, 6) is 0.325. The van der Waals surface area contributed by atoms with Crippen LogP contribution in [0.3, 0.4) is 0 Å². The van der Waals surface area contributed by atoms with Gasteiger partial charge in [0.25, 0.3) is 0 Å². The van der Waals surface area contributed by atoms with E-state index >= 15 is 0 Å². The Bertz CT molecular complexity index is 705. The van der Waals surface area contributed by atoms with Crippen molar-refractivity contribution < 1.29 is 19.0 Å². The number of carbonyl (C=O) groups excluding carboxylic acids is 1. The van der Waals surface area contributed by atoms with Gasteiger partial charge in [0.05, 0.1) is 13.7 Å². The average molecular weight is 302 g/mol. The van der Waals surface area contributed by atoms with E-state index in [1.165, 1.54) is 7.11 Å². The van der Waals surface area contributed by atoms with Gasteiger partial charge in [-0.1, -0.05) is 0 Å². The van der Waals surface area contributed by atoms with Gasteiger partial charge in [-0.25, -0.2) is 4.79 Å². The molecular formula is C14H14N4O4. The number of hydrogen-bond donors (Lipinski definition) is 1. The first-order valence-corrected chi connectivity index (χ1v) is 6.47. The lowest BCUT2D eigenvalue weighted by Gasteiger charge is -2.10. The van der Waals surface area contributed by atoms with Crippen LogP contribution in [-0.4, -0.2) is 41.7 Å². The fourth-order valence-electron chi connectivity index (χ4n) is 1.82. The van der Waals surface area contributed by atoms with Crippen molar-refractivity contribution >= 4 is 5.97 Å². The van der Waals surface area contributed by atoms with Crippen molar-refractivity contribution in [1.29, 1.82) is 5.26 Å².